The Morgan fingerprint density at radius 3 is 2.61 bits per heavy atom. The molecule has 2 amide bonds. The Labute approximate surface area is 183 Å². The van der Waals surface area contributed by atoms with E-state index in [0.717, 1.165) is 22.4 Å². The predicted octanol–water partition coefficient (Wildman–Crippen LogP) is 2.39. The summed E-state index contributed by atoms with van der Waals surface area (Å²) in [6, 6.07) is 5.86. The van der Waals surface area contributed by atoms with Crippen LogP contribution in [0.15, 0.2) is 30.6 Å². The first kappa shape index (κ1) is 22.8. The number of carbonyl (C=O) groups is 2. The summed E-state index contributed by atoms with van der Waals surface area (Å²) in [6.45, 7) is 10.7. The number of nitrogens with two attached hydrogens (primary N) is 1. The fourth-order valence-corrected chi connectivity index (χ4v) is 4.23. The Kier molecular flexibility index (Phi) is 6.40. The van der Waals surface area contributed by atoms with Crippen LogP contribution < -0.4 is 15.7 Å². The molecule has 0 bridgehead atoms. The van der Waals surface area contributed by atoms with Crippen molar-refractivity contribution in [3.63, 3.8) is 0 Å². The van der Waals surface area contributed by atoms with Crippen LogP contribution in [-0.2, 0) is 11.3 Å². The minimum absolute atomic E-state index is 0.00829. The van der Waals surface area contributed by atoms with E-state index >= 15 is 0 Å². The summed E-state index contributed by atoms with van der Waals surface area (Å²) in [6.07, 6.45) is 3.19. The summed E-state index contributed by atoms with van der Waals surface area (Å²) in [5.74, 6) is 0.00829. The molecule has 0 saturated carbocycles. The van der Waals surface area contributed by atoms with Gasteiger partial charge in [0.1, 0.15) is 6.09 Å². The molecule has 3 rings (SSSR count). The monoisotopic (exact) mass is 426 g/mol. The molecule has 2 atom stereocenters. The third-order valence-electron chi connectivity index (χ3n) is 5.55. The molecule has 0 spiro atoms. The third kappa shape index (κ3) is 5.25. The minimum Gasteiger partial charge on any atom is -0.530 e. The molecule has 1 aliphatic heterocycles. The molecule has 0 saturated heterocycles. The maximum absolute atomic E-state index is 12.1. The van der Waals surface area contributed by atoms with E-state index in [0.29, 0.717) is 26.1 Å². The first-order valence-corrected chi connectivity index (χ1v) is 10.6. The van der Waals surface area contributed by atoms with Crippen LogP contribution in [0.25, 0.3) is 11.1 Å². The van der Waals surface area contributed by atoms with Crippen LogP contribution in [-0.4, -0.2) is 45.8 Å². The molecule has 0 fully saturated rings. The van der Waals surface area contributed by atoms with Crippen LogP contribution in [0.4, 0.5) is 10.5 Å². The lowest BCUT2D eigenvalue weighted by Crippen LogP contribution is -2.46. The zero-order valence-corrected chi connectivity index (χ0v) is 19.0. The maximum Gasteiger partial charge on any atom is 0.224 e. The van der Waals surface area contributed by atoms with Gasteiger partial charge < -0.3 is 25.4 Å². The molecule has 31 heavy (non-hydrogen) atoms. The topological polar surface area (TPSA) is 108 Å². The van der Waals surface area contributed by atoms with Crippen LogP contribution in [0.2, 0.25) is 0 Å². The standard InChI is InChI=1S/C23H33N5O3/c1-15-10-20(24)19-11-17(6-7-21(19)28(15)16(2)29)18-12-25-27(13-18)9-8-26(22(30)31)14-23(3,4)5/h6-7,11-13,15,20H,8-10,14,24H2,1-5H3,(H,30,31)/p-1/t15-,20+/m0/s1. The number of nitrogens with zero attached hydrogens (tertiary/aromatic N) is 4. The highest BCUT2D eigenvalue weighted by atomic mass is 16.4. The van der Waals surface area contributed by atoms with Crippen molar-refractivity contribution in [2.45, 2.75) is 59.7 Å². The molecule has 0 radical (unpaired) electrons. The van der Waals surface area contributed by atoms with Crippen molar-refractivity contribution in [2.24, 2.45) is 11.1 Å². The average molecular weight is 427 g/mol. The zero-order chi connectivity index (χ0) is 22.9. The van der Waals surface area contributed by atoms with Gasteiger partial charge in [0.05, 0.1) is 12.7 Å². The molecule has 0 aliphatic carbocycles. The molecule has 1 aliphatic rings. The fourth-order valence-electron chi connectivity index (χ4n) is 4.23. The number of carboxylic acid groups (broad SMARTS) is 1. The largest absolute Gasteiger partial charge is 0.530 e. The number of hydrogen-bond acceptors (Lipinski definition) is 5. The van der Waals surface area contributed by atoms with Crippen molar-refractivity contribution < 1.29 is 14.7 Å². The smallest absolute Gasteiger partial charge is 0.224 e. The van der Waals surface area contributed by atoms with Gasteiger partial charge in [-0.25, -0.2) is 0 Å². The second kappa shape index (κ2) is 8.70. The summed E-state index contributed by atoms with van der Waals surface area (Å²) >= 11 is 0. The van der Waals surface area contributed by atoms with E-state index in [-0.39, 0.29) is 23.4 Å². The first-order valence-electron chi connectivity index (χ1n) is 10.6. The lowest BCUT2D eigenvalue weighted by molar-refractivity contribution is -0.266. The SMILES string of the molecule is CC(=O)N1c2ccc(-c3cnn(CCN(CC(C)(C)C)C(=O)[O-])c3)cc2[C@H](N)C[C@@H]1C. The Morgan fingerprint density at radius 2 is 2.00 bits per heavy atom. The maximum atomic E-state index is 12.1. The third-order valence-corrected chi connectivity index (χ3v) is 5.55. The van der Waals surface area contributed by atoms with E-state index in [9.17, 15) is 14.7 Å². The molecule has 0 unspecified atom stereocenters. The highest BCUT2D eigenvalue weighted by Gasteiger charge is 2.30. The van der Waals surface area contributed by atoms with Gasteiger partial charge in [-0.05, 0) is 42.0 Å². The van der Waals surface area contributed by atoms with Crippen molar-refractivity contribution in [1.29, 1.82) is 0 Å². The number of carbonyl (C=O) groups excluding carboxylic acids is 2. The number of fused-ring (bicyclic) bond motifs is 1. The van der Waals surface area contributed by atoms with Crippen molar-refractivity contribution >= 4 is 17.7 Å². The van der Waals surface area contributed by atoms with Gasteiger partial charge in [-0.2, -0.15) is 5.10 Å². The van der Waals surface area contributed by atoms with E-state index in [1.165, 1.54) is 4.90 Å². The molecule has 2 heterocycles. The summed E-state index contributed by atoms with van der Waals surface area (Å²) in [5, 5.41) is 15.8. The van der Waals surface area contributed by atoms with Gasteiger partial charge in [-0.15, -0.1) is 0 Å². The molecule has 1 aromatic carbocycles. The van der Waals surface area contributed by atoms with Crippen LogP contribution in [0.3, 0.4) is 0 Å². The zero-order valence-electron chi connectivity index (χ0n) is 19.0. The summed E-state index contributed by atoms with van der Waals surface area (Å²) in [4.78, 5) is 26.7. The Hall–Kier alpha value is -2.87. The lowest BCUT2D eigenvalue weighted by Gasteiger charge is -2.37. The molecule has 2 N–H and O–H groups in total. The minimum atomic E-state index is -1.17. The van der Waals surface area contributed by atoms with E-state index < -0.39 is 6.09 Å². The van der Waals surface area contributed by atoms with E-state index in [2.05, 4.69) is 5.10 Å². The van der Waals surface area contributed by atoms with Gasteiger partial charge in [-0.3, -0.25) is 9.48 Å². The van der Waals surface area contributed by atoms with E-state index in [1.54, 1.807) is 22.7 Å². The summed E-state index contributed by atoms with van der Waals surface area (Å²) in [5.41, 5.74) is 9.93. The number of benzene rings is 1. The van der Waals surface area contributed by atoms with Gasteiger partial charge >= 0.3 is 0 Å². The Balaban J connectivity index is 1.78. The lowest BCUT2D eigenvalue weighted by atomic mass is 9.90. The summed E-state index contributed by atoms with van der Waals surface area (Å²) in [7, 11) is 0. The van der Waals surface area contributed by atoms with Crippen molar-refractivity contribution in [3.05, 3.63) is 36.2 Å². The predicted molar refractivity (Wildman–Crippen MR) is 118 cm³/mol. The fraction of sp³-hybridized carbons (Fsp3) is 0.522. The molecule has 8 nitrogen and oxygen atoms in total. The van der Waals surface area contributed by atoms with Crippen molar-refractivity contribution in [2.75, 3.05) is 18.0 Å². The average Bonchev–Trinajstić information content (AvgIpc) is 3.12. The van der Waals surface area contributed by atoms with Crippen LogP contribution in [0.1, 0.15) is 52.6 Å². The Bertz CT molecular complexity index is 962. The van der Waals surface area contributed by atoms with Gasteiger partial charge in [-0.1, -0.05) is 26.8 Å². The normalized spacial score (nSPS) is 18.6. The van der Waals surface area contributed by atoms with Crippen LogP contribution in [0, 0.1) is 5.41 Å². The molecule has 2 aromatic rings. The number of anilines is 1. The second-order valence-corrected chi connectivity index (χ2v) is 9.59. The van der Waals surface area contributed by atoms with Crippen LogP contribution in [0.5, 0.6) is 0 Å². The van der Waals surface area contributed by atoms with Gasteiger partial charge in [0.2, 0.25) is 5.91 Å². The number of aromatic nitrogens is 2. The number of rotatable bonds is 5. The highest BCUT2D eigenvalue weighted by molar-refractivity contribution is 5.94. The van der Waals surface area contributed by atoms with Crippen molar-refractivity contribution in [3.8, 4) is 11.1 Å². The first-order chi connectivity index (χ1) is 14.5. The number of hydrogen-bond donors (Lipinski definition) is 1. The molecule has 1 aromatic heterocycles. The highest BCUT2D eigenvalue weighted by Crippen LogP contribution is 2.38. The Morgan fingerprint density at radius 1 is 1.29 bits per heavy atom. The molecule has 168 valence electrons. The molecular weight excluding hydrogens is 394 g/mol. The van der Waals surface area contributed by atoms with E-state index in [1.807, 2.05) is 52.1 Å². The number of amides is 2. The van der Waals surface area contributed by atoms with Gasteiger partial charge in [0.15, 0.2) is 0 Å². The molecule has 8 heteroatoms. The van der Waals surface area contributed by atoms with Gasteiger partial charge in [0.25, 0.3) is 0 Å². The quantitative estimate of drug-likeness (QED) is 0.790. The van der Waals surface area contributed by atoms with Crippen LogP contribution >= 0.6 is 0 Å². The van der Waals surface area contributed by atoms with Gasteiger partial charge in [0, 0.05) is 49.5 Å². The second-order valence-electron chi connectivity index (χ2n) is 9.59. The van der Waals surface area contributed by atoms with E-state index in [4.69, 9.17) is 5.73 Å². The molecular formula is C23H32N5O3-. The van der Waals surface area contributed by atoms with Crippen molar-refractivity contribution in [1.82, 2.24) is 14.7 Å². The summed E-state index contributed by atoms with van der Waals surface area (Å²) < 4.78 is 1.73.